The van der Waals surface area contributed by atoms with E-state index < -0.39 is 11.0 Å². The highest BCUT2D eigenvalue weighted by Crippen LogP contribution is 2.35. The van der Waals surface area contributed by atoms with Crippen molar-refractivity contribution in [3.05, 3.63) is 62.3 Å². The van der Waals surface area contributed by atoms with Crippen LogP contribution in [0.2, 0.25) is 0 Å². The largest absolute Gasteiger partial charge is 0.383 e. The molecule has 0 spiro atoms. The van der Waals surface area contributed by atoms with Gasteiger partial charge >= 0.3 is 0 Å². The molecule has 1 fully saturated rings. The molecular weight excluding hydrogens is 444 g/mol. The van der Waals surface area contributed by atoms with Crippen molar-refractivity contribution in [3.8, 4) is 0 Å². The summed E-state index contributed by atoms with van der Waals surface area (Å²) in [4.78, 5) is 39.7. The Morgan fingerprint density at radius 2 is 2.12 bits per heavy atom. The summed E-state index contributed by atoms with van der Waals surface area (Å²) in [6.45, 7) is 0.559. The van der Waals surface area contributed by atoms with Gasteiger partial charge in [-0.2, -0.15) is 5.10 Å². The second-order valence-electron chi connectivity index (χ2n) is 8.21. The Kier molecular flexibility index (Phi) is 7.14. The average molecular weight is 471 g/mol. The first-order valence-electron chi connectivity index (χ1n) is 10.9. The number of benzene rings is 1. The van der Waals surface area contributed by atoms with Crippen molar-refractivity contribution >= 4 is 34.6 Å². The zero-order valence-corrected chi connectivity index (χ0v) is 19.2. The number of carbonyl (C=O) groups is 2. The Morgan fingerprint density at radius 1 is 1.30 bits per heavy atom. The number of thiophene rings is 1. The molecule has 1 aliphatic carbocycles. The smallest absolute Gasteiger partial charge is 0.269 e. The van der Waals surface area contributed by atoms with Crippen LogP contribution in [0.1, 0.15) is 42.2 Å². The number of methoxy groups -OCH3 is 1. The van der Waals surface area contributed by atoms with Gasteiger partial charge < -0.3 is 9.64 Å². The quantitative estimate of drug-likeness (QED) is 0.411. The fraction of sp³-hybridized carbons (Fsp3) is 0.435. The number of amides is 2. The Bertz CT molecular complexity index is 1050. The van der Waals surface area contributed by atoms with E-state index in [1.165, 1.54) is 28.5 Å². The van der Waals surface area contributed by atoms with E-state index in [9.17, 15) is 19.7 Å². The molecule has 1 aliphatic heterocycles. The molecule has 2 amide bonds. The van der Waals surface area contributed by atoms with Crippen LogP contribution in [-0.4, -0.2) is 59.2 Å². The summed E-state index contributed by atoms with van der Waals surface area (Å²) >= 11 is 1.53. The van der Waals surface area contributed by atoms with Crippen LogP contribution in [-0.2, 0) is 14.3 Å². The molecule has 174 valence electrons. The van der Waals surface area contributed by atoms with Crippen molar-refractivity contribution in [3.63, 3.8) is 0 Å². The van der Waals surface area contributed by atoms with Crippen molar-refractivity contribution in [2.45, 2.75) is 31.7 Å². The minimum atomic E-state index is -0.474. The summed E-state index contributed by atoms with van der Waals surface area (Å²) in [7, 11) is 1.56. The van der Waals surface area contributed by atoms with Crippen LogP contribution in [0.15, 0.2) is 46.9 Å². The number of hydrazone groups is 1. The molecular formula is C23H26N4O5S. The highest BCUT2D eigenvalue weighted by molar-refractivity contribution is 7.12. The van der Waals surface area contributed by atoms with Gasteiger partial charge in [-0.15, -0.1) is 11.3 Å². The lowest BCUT2D eigenvalue weighted by Gasteiger charge is -2.32. The molecule has 0 bridgehead atoms. The van der Waals surface area contributed by atoms with Crippen molar-refractivity contribution in [1.29, 1.82) is 0 Å². The third kappa shape index (κ3) is 5.12. The lowest BCUT2D eigenvalue weighted by Crippen LogP contribution is -2.46. The number of rotatable bonds is 9. The molecule has 0 N–H and O–H groups in total. The van der Waals surface area contributed by atoms with Gasteiger partial charge in [0.1, 0.15) is 6.54 Å². The van der Waals surface area contributed by atoms with E-state index in [0.29, 0.717) is 25.1 Å². The molecule has 4 rings (SSSR count). The number of nitro benzene ring substituents is 1. The molecule has 2 aromatic rings. The van der Waals surface area contributed by atoms with E-state index in [1.807, 2.05) is 17.5 Å². The summed E-state index contributed by atoms with van der Waals surface area (Å²) in [6, 6.07) is 9.68. The number of hydrogen-bond donors (Lipinski definition) is 0. The maximum atomic E-state index is 13.4. The lowest BCUT2D eigenvalue weighted by atomic mass is 9.84. The van der Waals surface area contributed by atoms with Crippen LogP contribution < -0.4 is 0 Å². The first-order valence-corrected chi connectivity index (χ1v) is 11.8. The Hall–Kier alpha value is -3.11. The number of nitrogens with zero attached hydrogens (tertiary/aromatic N) is 4. The third-order valence-electron chi connectivity index (χ3n) is 6.09. The van der Waals surface area contributed by atoms with E-state index in [2.05, 4.69) is 5.10 Å². The van der Waals surface area contributed by atoms with E-state index in [4.69, 9.17) is 4.74 Å². The normalized spacial score (nSPS) is 18.0. The summed E-state index contributed by atoms with van der Waals surface area (Å²) in [5.74, 6) is -0.381. The fourth-order valence-electron chi connectivity index (χ4n) is 4.05. The Balaban J connectivity index is 1.60. The van der Waals surface area contributed by atoms with Crippen molar-refractivity contribution < 1.29 is 19.2 Å². The molecule has 9 nitrogen and oxygen atoms in total. The SMILES string of the molecule is COCCN(CC(=O)N1N=C(c2cccs2)C[C@H]1c1cccc([N+](=O)[O-])c1)C(=O)C1CCC1. The highest BCUT2D eigenvalue weighted by atomic mass is 32.1. The van der Waals surface area contributed by atoms with Crippen LogP contribution in [0.4, 0.5) is 5.69 Å². The van der Waals surface area contributed by atoms with Gasteiger partial charge in [0.15, 0.2) is 0 Å². The molecule has 0 radical (unpaired) electrons. The number of ether oxygens (including phenoxy) is 1. The summed E-state index contributed by atoms with van der Waals surface area (Å²) < 4.78 is 5.14. The number of hydrogen-bond acceptors (Lipinski definition) is 7. The van der Waals surface area contributed by atoms with Gasteiger partial charge in [0, 0.05) is 38.1 Å². The molecule has 1 saturated carbocycles. The van der Waals surface area contributed by atoms with E-state index in [0.717, 1.165) is 29.9 Å². The second kappa shape index (κ2) is 10.2. The van der Waals surface area contributed by atoms with Crippen LogP contribution in [0, 0.1) is 16.0 Å². The second-order valence-corrected chi connectivity index (χ2v) is 9.16. The zero-order valence-electron chi connectivity index (χ0n) is 18.4. The van der Waals surface area contributed by atoms with Crippen LogP contribution in [0.25, 0.3) is 0 Å². The first kappa shape index (κ1) is 23.1. The fourth-order valence-corrected chi connectivity index (χ4v) is 4.78. The molecule has 0 saturated heterocycles. The van der Waals surface area contributed by atoms with Crippen LogP contribution in [0.5, 0.6) is 0 Å². The summed E-state index contributed by atoms with van der Waals surface area (Å²) in [5.41, 5.74) is 1.36. The van der Waals surface area contributed by atoms with E-state index >= 15 is 0 Å². The minimum absolute atomic E-state index is 0.0276. The molecule has 1 atom stereocenters. The highest BCUT2D eigenvalue weighted by Gasteiger charge is 2.36. The van der Waals surface area contributed by atoms with Crippen molar-refractivity contribution in [1.82, 2.24) is 9.91 Å². The van der Waals surface area contributed by atoms with Crippen LogP contribution >= 0.6 is 11.3 Å². The molecule has 1 aromatic carbocycles. The molecule has 2 aliphatic rings. The van der Waals surface area contributed by atoms with Crippen LogP contribution in [0.3, 0.4) is 0 Å². The average Bonchev–Trinajstić information content (AvgIpc) is 3.45. The monoisotopic (exact) mass is 470 g/mol. The number of carbonyl (C=O) groups excluding carboxylic acids is 2. The van der Waals surface area contributed by atoms with Gasteiger partial charge in [-0.3, -0.25) is 19.7 Å². The molecule has 2 heterocycles. The Labute approximate surface area is 195 Å². The van der Waals surface area contributed by atoms with Gasteiger partial charge in [0.05, 0.1) is 28.2 Å². The van der Waals surface area contributed by atoms with Gasteiger partial charge in [-0.25, -0.2) is 5.01 Å². The van der Waals surface area contributed by atoms with Crippen molar-refractivity contribution in [2.24, 2.45) is 11.0 Å². The first-order chi connectivity index (χ1) is 16.0. The summed E-state index contributed by atoms with van der Waals surface area (Å²) in [6.07, 6.45) is 3.16. The predicted octanol–water partition coefficient (Wildman–Crippen LogP) is 3.61. The molecule has 0 unspecified atom stereocenters. The van der Waals surface area contributed by atoms with Gasteiger partial charge in [-0.1, -0.05) is 24.6 Å². The standard InChI is InChI=1S/C23H26N4O5S/c1-32-11-10-25(23(29)16-5-2-6-16)15-22(28)26-20(14-19(24-26)21-9-4-12-33-21)17-7-3-8-18(13-17)27(30)31/h3-4,7-9,12-13,16,20H,2,5-6,10-11,14-15H2,1H3/t20-/m0/s1. The Morgan fingerprint density at radius 3 is 2.76 bits per heavy atom. The molecule has 1 aromatic heterocycles. The number of nitro groups is 1. The minimum Gasteiger partial charge on any atom is -0.383 e. The topological polar surface area (TPSA) is 105 Å². The van der Waals surface area contributed by atoms with E-state index in [-0.39, 0.29) is 30.0 Å². The predicted molar refractivity (Wildman–Crippen MR) is 124 cm³/mol. The van der Waals surface area contributed by atoms with Gasteiger partial charge in [0.2, 0.25) is 5.91 Å². The lowest BCUT2D eigenvalue weighted by molar-refractivity contribution is -0.385. The third-order valence-corrected chi connectivity index (χ3v) is 7.01. The maximum Gasteiger partial charge on any atom is 0.269 e. The zero-order chi connectivity index (χ0) is 23.4. The van der Waals surface area contributed by atoms with Gasteiger partial charge in [0.25, 0.3) is 11.6 Å². The maximum absolute atomic E-state index is 13.4. The van der Waals surface area contributed by atoms with E-state index in [1.54, 1.807) is 24.1 Å². The number of non-ortho nitro benzene ring substituents is 1. The van der Waals surface area contributed by atoms with Crippen molar-refractivity contribution in [2.75, 3.05) is 26.8 Å². The molecule has 10 heteroatoms. The summed E-state index contributed by atoms with van der Waals surface area (Å²) in [5, 5.41) is 19.2. The molecule has 33 heavy (non-hydrogen) atoms. The van der Waals surface area contributed by atoms with Gasteiger partial charge in [-0.05, 0) is 29.9 Å².